The van der Waals surface area contributed by atoms with Crippen LogP contribution in [0.4, 0.5) is 5.69 Å². The van der Waals surface area contributed by atoms with Crippen molar-refractivity contribution < 1.29 is 0 Å². The molecule has 1 aromatic heterocycles. The van der Waals surface area contributed by atoms with Crippen molar-refractivity contribution in [2.75, 3.05) is 0 Å². The average Bonchev–Trinajstić information content (AvgIpc) is 2.27. The number of hydrogen-bond acceptors (Lipinski definition) is 2. The molecule has 1 N–H and O–H groups in total. The van der Waals surface area contributed by atoms with Crippen molar-refractivity contribution in [3.05, 3.63) is 38.6 Å². The summed E-state index contributed by atoms with van der Waals surface area (Å²) in [4.78, 5) is 17.5. The number of nitrogens with zero attached hydrogens (tertiary/aromatic N) is 2. The van der Waals surface area contributed by atoms with E-state index in [0.717, 1.165) is 0 Å². The zero-order valence-electron chi connectivity index (χ0n) is 8.72. The molecule has 0 saturated carbocycles. The third-order valence-corrected chi connectivity index (χ3v) is 2.30. The number of aryl methyl sites for hydroxylation is 1. The summed E-state index contributed by atoms with van der Waals surface area (Å²) in [7, 11) is 0. The lowest BCUT2D eigenvalue weighted by molar-refractivity contribution is 0.986. The zero-order valence-corrected chi connectivity index (χ0v) is 8.72. The Balaban J connectivity index is 3.71. The molecule has 0 unspecified atom stereocenters. The Morgan fingerprint density at radius 3 is 2.53 bits per heavy atom. The van der Waals surface area contributed by atoms with Gasteiger partial charge in [0.25, 0.3) is 5.56 Å². The van der Waals surface area contributed by atoms with E-state index in [1.165, 1.54) is 0 Å². The molecule has 76 valence electrons. The predicted octanol–water partition coefficient (Wildman–Crippen LogP) is 1.92. The SMILES string of the molecule is [C-]#[N+]c1c(CC)[nH]c(=O)c(C#N)c1CC. The average molecular weight is 201 g/mol. The maximum atomic E-state index is 11.5. The van der Waals surface area contributed by atoms with E-state index < -0.39 is 5.56 Å². The van der Waals surface area contributed by atoms with E-state index in [9.17, 15) is 4.79 Å². The molecule has 0 amide bonds. The van der Waals surface area contributed by atoms with Crippen LogP contribution in [0.15, 0.2) is 4.79 Å². The Morgan fingerprint density at radius 1 is 1.47 bits per heavy atom. The van der Waals surface area contributed by atoms with Crippen LogP contribution in [-0.4, -0.2) is 4.98 Å². The molecular weight excluding hydrogens is 190 g/mol. The number of rotatable bonds is 2. The van der Waals surface area contributed by atoms with Gasteiger partial charge in [-0.05, 0) is 18.4 Å². The summed E-state index contributed by atoms with van der Waals surface area (Å²) < 4.78 is 0. The quantitative estimate of drug-likeness (QED) is 0.743. The fourth-order valence-electron chi connectivity index (χ4n) is 1.55. The van der Waals surface area contributed by atoms with Gasteiger partial charge in [0.15, 0.2) is 0 Å². The van der Waals surface area contributed by atoms with Gasteiger partial charge in [0, 0.05) is 5.69 Å². The van der Waals surface area contributed by atoms with Crippen LogP contribution in [0, 0.1) is 17.9 Å². The maximum absolute atomic E-state index is 11.5. The molecule has 4 nitrogen and oxygen atoms in total. The van der Waals surface area contributed by atoms with Crippen LogP contribution < -0.4 is 5.56 Å². The van der Waals surface area contributed by atoms with Crippen LogP contribution in [-0.2, 0) is 12.8 Å². The van der Waals surface area contributed by atoms with Crippen LogP contribution in [0.1, 0.15) is 30.7 Å². The lowest BCUT2D eigenvalue weighted by Gasteiger charge is -2.07. The number of aromatic amines is 1. The van der Waals surface area contributed by atoms with Crippen molar-refractivity contribution in [2.45, 2.75) is 26.7 Å². The van der Waals surface area contributed by atoms with Crippen molar-refractivity contribution >= 4 is 5.69 Å². The highest BCUT2D eigenvalue weighted by atomic mass is 16.1. The van der Waals surface area contributed by atoms with Gasteiger partial charge in [-0.1, -0.05) is 13.8 Å². The second-order valence-electron chi connectivity index (χ2n) is 3.07. The molecule has 1 aromatic rings. The van der Waals surface area contributed by atoms with E-state index in [-0.39, 0.29) is 5.56 Å². The van der Waals surface area contributed by atoms with Crippen LogP contribution in [0.2, 0.25) is 0 Å². The van der Waals surface area contributed by atoms with E-state index >= 15 is 0 Å². The molecule has 0 bridgehead atoms. The van der Waals surface area contributed by atoms with E-state index in [1.807, 2.05) is 19.9 Å². The second-order valence-corrected chi connectivity index (χ2v) is 3.07. The normalized spacial score (nSPS) is 9.33. The summed E-state index contributed by atoms with van der Waals surface area (Å²) in [6, 6.07) is 1.85. The Labute approximate surface area is 88.0 Å². The highest BCUT2D eigenvalue weighted by Gasteiger charge is 2.14. The third kappa shape index (κ3) is 1.75. The number of H-pyrrole nitrogens is 1. The van der Waals surface area contributed by atoms with E-state index in [1.54, 1.807) is 0 Å². The minimum absolute atomic E-state index is 0.0701. The van der Waals surface area contributed by atoms with Crippen LogP contribution in [0.25, 0.3) is 4.85 Å². The molecule has 0 saturated heterocycles. The van der Waals surface area contributed by atoms with Crippen LogP contribution in [0.3, 0.4) is 0 Å². The second kappa shape index (κ2) is 4.43. The van der Waals surface area contributed by atoms with Crippen LogP contribution in [0.5, 0.6) is 0 Å². The summed E-state index contributed by atoms with van der Waals surface area (Å²) in [6.45, 7) is 10.8. The lowest BCUT2D eigenvalue weighted by Crippen LogP contribution is -2.15. The summed E-state index contributed by atoms with van der Waals surface area (Å²) >= 11 is 0. The van der Waals surface area contributed by atoms with E-state index in [2.05, 4.69) is 9.83 Å². The molecule has 0 fully saturated rings. The van der Waals surface area contributed by atoms with Crippen molar-refractivity contribution in [3.8, 4) is 6.07 Å². The fourth-order valence-corrected chi connectivity index (χ4v) is 1.55. The molecule has 0 aromatic carbocycles. The van der Waals surface area contributed by atoms with Gasteiger partial charge in [-0.2, -0.15) is 5.26 Å². The number of hydrogen-bond donors (Lipinski definition) is 1. The first-order chi connectivity index (χ1) is 7.19. The number of nitrogens with one attached hydrogen (secondary N) is 1. The molecule has 0 aliphatic rings. The first-order valence-corrected chi connectivity index (χ1v) is 4.75. The first-order valence-electron chi connectivity index (χ1n) is 4.75. The Hall–Kier alpha value is -2.07. The molecule has 0 radical (unpaired) electrons. The van der Waals surface area contributed by atoms with E-state index in [0.29, 0.717) is 29.8 Å². The van der Waals surface area contributed by atoms with Crippen LogP contribution >= 0.6 is 0 Å². The van der Waals surface area contributed by atoms with Gasteiger partial charge >= 0.3 is 0 Å². The van der Waals surface area contributed by atoms with Crippen molar-refractivity contribution in [1.29, 1.82) is 5.26 Å². The topological polar surface area (TPSA) is 61.0 Å². The lowest BCUT2D eigenvalue weighted by atomic mass is 10.0. The van der Waals surface area contributed by atoms with Gasteiger partial charge in [0.05, 0.1) is 6.57 Å². The van der Waals surface area contributed by atoms with Gasteiger partial charge in [-0.15, -0.1) is 0 Å². The largest absolute Gasteiger partial charge is 0.335 e. The standard InChI is InChI=1S/C11H11N3O/c1-4-7-8(6-12)11(15)14-9(5-2)10(7)13-3/h4-5H2,1-2H3,(H,14,15). The Kier molecular flexibility index (Phi) is 3.25. The summed E-state index contributed by atoms with van der Waals surface area (Å²) in [6.07, 6.45) is 1.11. The minimum atomic E-state index is -0.390. The van der Waals surface area contributed by atoms with Gasteiger partial charge in [0.1, 0.15) is 11.6 Å². The molecule has 1 heterocycles. The van der Waals surface area contributed by atoms with Crippen molar-refractivity contribution in [3.63, 3.8) is 0 Å². The molecule has 0 aliphatic carbocycles. The minimum Gasteiger partial charge on any atom is -0.335 e. The molecular formula is C11H11N3O. The van der Waals surface area contributed by atoms with Gasteiger partial charge < -0.3 is 4.98 Å². The molecule has 15 heavy (non-hydrogen) atoms. The summed E-state index contributed by atoms with van der Waals surface area (Å²) in [5.74, 6) is 0. The van der Waals surface area contributed by atoms with Gasteiger partial charge in [0.2, 0.25) is 5.69 Å². The zero-order chi connectivity index (χ0) is 11.4. The third-order valence-electron chi connectivity index (χ3n) is 2.30. The number of aromatic nitrogens is 1. The molecule has 4 heteroatoms. The maximum Gasteiger partial charge on any atom is 0.263 e. The Bertz CT molecular complexity index is 514. The van der Waals surface area contributed by atoms with Gasteiger partial charge in [-0.25, -0.2) is 4.85 Å². The molecule has 1 rings (SSSR count). The van der Waals surface area contributed by atoms with Crippen molar-refractivity contribution in [1.82, 2.24) is 4.98 Å². The first kappa shape index (κ1) is 11.0. The highest BCUT2D eigenvalue weighted by Crippen LogP contribution is 2.24. The summed E-state index contributed by atoms with van der Waals surface area (Å²) in [5, 5.41) is 8.84. The molecule has 0 spiro atoms. The monoisotopic (exact) mass is 201 g/mol. The summed E-state index contributed by atoms with van der Waals surface area (Å²) in [5.41, 5.74) is 1.29. The molecule has 0 atom stereocenters. The van der Waals surface area contributed by atoms with Crippen molar-refractivity contribution in [2.24, 2.45) is 0 Å². The highest BCUT2D eigenvalue weighted by molar-refractivity contribution is 5.61. The predicted molar refractivity (Wildman–Crippen MR) is 56.8 cm³/mol. The number of pyridine rings is 1. The van der Waals surface area contributed by atoms with Gasteiger partial charge in [-0.3, -0.25) is 4.79 Å². The number of nitriles is 1. The Morgan fingerprint density at radius 2 is 2.13 bits per heavy atom. The smallest absolute Gasteiger partial charge is 0.263 e. The molecule has 0 aliphatic heterocycles. The van der Waals surface area contributed by atoms with E-state index in [4.69, 9.17) is 11.8 Å². The fraction of sp³-hybridized carbons (Fsp3) is 0.364.